The average Bonchev–Trinajstić information content (AvgIpc) is 1.65. The molecule has 3 N–H and O–H groups in total. The molecule has 0 aliphatic rings. The van der Waals surface area contributed by atoms with Crippen LogP contribution in [-0.2, 0) is 0 Å². The van der Waals surface area contributed by atoms with Crippen molar-refractivity contribution in [3.05, 3.63) is 0 Å². The Morgan fingerprint density at radius 1 is 1.83 bits per heavy atom. The number of aliphatic hydroxyl groups excluding tert-OH is 1. The molecule has 0 aliphatic carbocycles. The molecule has 0 aromatic rings. The quantitative estimate of drug-likeness (QED) is 0.473. The summed E-state index contributed by atoms with van der Waals surface area (Å²) < 4.78 is 11.1. The predicted molar refractivity (Wildman–Crippen MR) is 21.0 cm³/mol. The van der Waals surface area contributed by atoms with Gasteiger partial charge in [0.05, 0.1) is 6.10 Å². The largest absolute Gasteiger partial charge is 0.389 e. The van der Waals surface area contributed by atoms with Crippen molar-refractivity contribution in [2.75, 3.05) is 13.2 Å². The maximum absolute atomic E-state index is 11.1. The van der Waals surface area contributed by atoms with Gasteiger partial charge in [0.2, 0.25) is 0 Å². The molecule has 0 heterocycles. The summed E-state index contributed by atoms with van der Waals surface area (Å²) in [6.07, 6.45) is -0.954. The summed E-state index contributed by atoms with van der Waals surface area (Å²) in [7, 11) is 0. The molecule has 1 atom stereocenters. The molecule has 0 amide bonds. The summed E-state index contributed by atoms with van der Waals surface area (Å²) in [5.74, 6) is 0. The molecule has 0 radical (unpaired) electrons. The SMILES string of the molecule is NCC(O)CF. The van der Waals surface area contributed by atoms with Crippen molar-refractivity contribution < 1.29 is 9.50 Å². The van der Waals surface area contributed by atoms with Gasteiger partial charge >= 0.3 is 0 Å². The number of aliphatic hydroxyl groups is 1. The van der Waals surface area contributed by atoms with Crippen LogP contribution in [0.5, 0.6) is 0 Å². The van der Waals surface area contributed by atoms with Crippen molar-refractivity contribution in [1.82, 2.24) is 0 Å². The summed E-state index contributed by atoms with van der Waals surface area (Å²) in [6.45, 7) is -0.729. The van der Waals surface area contributed by atoms with Crippen LogP contribution < -0.4 is 5.73 Å². The van der Waals surface area contributed by atoms with Gasteiger partial charge in [0.15, 0.2) is 0 Å². The highest BCUT2D eigenvalue weighted by molar-refractivity contribution is 4.48. The van der Waals surface area contributed by atoms with Crippen molar-refractivity contribution >= 4 is 0 Å². The predicted octanol–water partition coefficient (Wildman–Crippen LogP) is -0.725. The van der Waals surface area contributed by atoms with Gasteiger partial charge in [-0.2, -0.15) is 0 Å². The van der Waals surface area contributed by atoms with Crippen LogP contribution in [0.4, 0.5) is 4.39 Å². The summed E-state index contributed by atoms with van der Waals surface area (Å²) in [5, 5.41) is 8.17. The van der Waals surface area contributed by atoms with Crippen molar-refractivity contribution in [2.24, 2.45) is 5.73 Å². The van der Waals surface area contributed by atoms with Crippen LogP contribution in [0.2, 0.25) is 0 Å². The van der Waals surface area contributed by atoms with Crippen molar-refractivity contribution in [3.63, 3.8) is 0 Å². The molecule has 6 heavy (non-hydrogen) atoms. The fourth-order valence-electron chi connectivity index (χ4n) is 0.0630. The average molecular weight is 93.1 g/mol. The zero-order valence-electron chi connectivity index (χ0n) is 3.39. The molecule has 0 aliphatic heterocycles. The molecule has 0 fully saturated rings. The molecular weight excluding hydrogens is 85.0 g/mol. The maximum Gasteiger partial charge on any atom is 0.117 e. The normalized spacial score (nSPS) is 14.5. The standard InChI is InChI=1S/C3H8FNO/c4-1-3(6)2-5/h3,6H,1-2,5H2. The van der Waals surface area contributed by atoms with E-state index in [-0.39, 0.29) is 6.54 Å². The van der Waals surface area contributed by atoms with E-state index in [1.54, 1.807) is 0 Å². The van der Waals surface area contributed by atoms with Gasteiger partial charge in [-0.1, -0.05) is 0 Å². The highest BCUT2D eigenvalue weighted by Gasteiger charge is 1.94. The van der Waals surface area contributed by atoms with Gasteiger partial charge in [-0.15, -0.1) is 0 Å². The van der Waals surface area contributed by atoms with Crippen molar-refractivity contribution in [1.29, 1.82) is 0 Å². The third-order valence-electron chi connectivity index (χ3n) is 0.450. The number of rotatable bonds is 2. The Morgan fingerprint density at radius 3 is 2.33 bits per heavy atom. The number of hydrogen-bond acceptors (Lipinski definition) is 2. The second-order valence-corrected chi connectivity index (χ2v) is 1.04. The van der Waals surface area contributed by atoms with E-state index in [2.05, 4.69) is 0 Å². The minimum Gasteiger partial charge on any atom is -0.389 e. The van der Waals surface area contributed by atoms with Gasteiger partial charge in [-0.05, 0) is 0 Å². The van der Waals surface area contributed by atoms with Gasteiger partial charge < -0.3 is 10.8 Å². The van der Waals surface area contributed by atoms with Crippen LogP contribution in [0.3, 0.4) is 0 Å². The van der Waals surface area contributed by atoms with E-state index in [0.717, 1.165) is 0 Å². The lowest BCUT2D eigenvalue weighted by Crippen LogP contribution is -2.20. The first-order valence-corrected chi connectivity index (χ1v) is 1.75. The third kappa shape index (κ3) is 2.11. The zero-order chi connectivity index (χ0) is 4.99. The van der Waals surface area contributed by atoms with Crippen LogP contribution in [0.25, 0.3) is 0 Å². The summed E-state index contributed by atoms with van der Waals surface area (Å²) in [5.41, 5.74) is 4.79. The van der Waals surface area contributed by atoms with E-state index in [1.165, 1.54) is 0 Å². The molecule has 0 aromatic carbocycles. The first kappa shape index (κ1) is 5.85. The highest BCUT2D eigenvalue weighted by Crippen LogP contribution is 1.75. The Labute approximate surface area is 35.8 Å². The first-order chi connectivity index (χ1) is 2.81. The summed E-state index contributed by atoms with van der Waals surface area (Å²) in [6, 6.07) is 0. The van der Waals surface area contributed by atoms with Gasteiger partial charge in [0.1, 0.15) is 6.67 Å². The third-order valence-corrected chi connectivity index (χ3v) is 0.450. The first-order valence-electron chi connectivity index (χ1n) is 1.75. The van der Waals surface area contributed by atoms with E-state index >= 15 is 0 Å². The Kier molecular flexibility index (Phi) is 2.98. The summed E-state index contributed by atoms with van der Waals surface area (Å²) in [4.78, 5) is 0. The van der Waals surface area contributed by atoms with E-state index in [1.807, 2.05) is 0 Å². The molecule has 2 nitrogen and oxygen atoms in total. The van der Waals surface area contributed by atoms with Gasteiger partial charge in [-0.25, -0.2) is 4.39 Å². The fourth-order valence-corrected chi connectivity index (χ4v) is 0.0630. The second kappa shape index (κ2) is 3.06. The number of hydrogen-bond donors (Lipinski definition) is 2. The molecule has 3 heteroatoms. The lowest BCUT2D eigenvalue weighted by atomic mass is 10.4. The number of alkyl halides is 1. The number of nitrogens with two attached hydrogens (primary N) is 1. The van der Waals surface area contributed by atoms with E-state index < -0.39 is 12.8 Å². The summed E-state index contributed by atoms with van der Waals surface area (Å²) >= 11 is 0. The highest BCUT2D eigenvalue weighted by atomic mass is 19.1. The lowest BCUT2D eigenvalue weighted by Gasteiger charge is -1.95. The van der Waals surface area contributed by atoms with Crippen LogP contribution in [0.1, 0.15) is 0 Å². The Hall–Kier alpha value is -0.150. The molecule has 0 aromatic heterocycles. The molecule has 38 valence electrons. The topological polar surface area (TPSA) is 46.2 Å². The van der Waals surface area contributed by atoms with E-state index in [0.29, 0.717) is 0 Å². The number of halogens is 1. The van der Waals surface area contributed by atoms with Gasteiger partial charge in [-0.3, -0.25) is 0 Å². The van der Waals surface area contributed by atoms with E-state index in [9.17, 15) is 4.39 Å². The smallest absolute Gasteiger partial charge is 0.117 e. The van der Waals surface area contributed by atoms with Crippen LogP contribution >= 0.6 is 0 Å². The maximum atomic E-state index is 11.1. The molecular formula is C3H8FNO. The molecule has 0 bridgehead atoms. The van der Waals surface area contributed by atoms with Crippen molar-refractivity contribution in [3.8, 4) is 0 Å². The Morgan fingerprint density at radius 2 is 2.33 bits per heavy atom. The lowest BCUT2D eigenvalue weighted by molar-refractivity contribution is 0.147. The van der Waals surface area contributed by atoms with Crippen LogP contribution in [-0.4, -0.2) is 24.4 Å². The molecule has 0 saturated carbocycles. The second-order valence-electron chi connectivity index (χ2n) is 1.04. The molecule has 0 spiro atoms. The monoisotopic (exact) mass is 93.1 g/mol. The molecule has 0 saturated heterocycles. The minimum absolute atomic E-state index is 0.0104. The van der Waals surface area contributed by atoms with Gasteiger partial charge in [0, 0.05) is 6.54 Å². The Bertz CT molecular complexity index is 30.0. The van der Waals surface area contributed by atoms with Crippen molar-refractivity contribution in [2.45, 2.75) is 6.10 Å². The fraction of sp³-hybridized carbons (Fsp3) is 1.00. The molecule has 0 rings (SSSR count). The van der Waals surface area contributed by atoms with Crippen LogP contribution in [0.15, 0.2) is 0 Å². The minimum atomic E-state index is -0.954. The van der Waals surface area contributed by atoms with Gasteiger partial charge in [0.25, 0.3) is 0 Å². The molecule has 1 unspecified atom stereocenters. The van der Waals surface area contributed by atoms with E-state index in [4.69, 9.17) is 10.8 Å². The van der Waals surface area contributed by atoms with Crippen LogP contribution in [0, 0.1) is 0 Å². The Balaban J connectivity index is 2.75. The zero-order valence-corrected chi connectivity index (χ0v) is 3.39.